The van der Waals surface area contributed by atoms with Crippen LogP contribution in [-0.4, -0.2) is 56.5 Å². The Kier molecular flexibility index (Phi) is 2.24. The van der Waals surface area contributed by atoms with Crippen LogP contribution in [0.1, 0.15) is 67.6 Å². The zero-order chi connectivity index (χ0) is 39.0. The zero-order valence-corrected chi connectivity index (χ0v) is 15.2. The largest absolute Gasteiger partial charge is 0.368 e. The lowest BCUT2D eigenvalue weighted by Gasteiger charge is -2.37. The van der Waals surface area contributed by atoms with Crippen LogP contribution in [0.4, 0.5) is 10.5 Å². The van der Waals surface area contributed by atoms with Crippen LogP contribution >= 0.6 is 11.6 Å². The first kappa shape index (κ1) is 6.27. The molecule has 0 unspecified atom stereocenters. The molecule has 1 saturated carbocycles. The highest BCUT2D eigenvalue weighted by atomic mass is 35.5. The third-order valence-corrected chi connectivity index (χ3v) is 3.83. The summed E-state index contributed by atoms with van der Waals surface area (Å²) in [4.78, 5) is 11.1. The molecule has 1 aliphatic carbocycles. The summed E-state index contributed by atoms with van der Waals surface area (Å²) in [6, 6.07) is -1.94. The van der Waals surface area contributed by atoms with E-state index in [0.29, 0.717) is 0 Å². The molecule has 1 aromatic rings. The normalized spacial score (nSPS) is 57.4. The molecule has 3 rings (SSSR count). The Morgan fingerprint density at radius 1 is 1.30 bits per heavy atom. The molecule has 1 saturated heterocycles. The Balaban J connectivity index is 2.44. The predicted octanol–water partition coefficient (Wildman–Crippen LogP) is 3.65. The highest BCUT2D eigenvalue weighted by Gasteiger charge is 2.24. The fraction of sp³-hybridized carbons (Fsp3) is 0.667. The molecule has 0 aromatic heterocycles. The summed E-state index contributed by atoms with van der Waals surface area (Å²) >= 11 is 6.27. The van der Waals surface area contributed by atoms with E-state index < -0.39 is 92.9 Å². The SMILES string of the molecule is [2H]C1([2H])N(c2cccc(C)c2Cl)C([2H])([2H])C([2H])([2H])N(C([2H])([2H])C([2H])([2H])[C@]2([2H])C([2H])([2H])C([2H])([2H])[C@@]([2H])(NC(=O)NC)C([2H])([2H])C2([2H])[2H])C1([2H])[2H]. The number of benzene rings is 1. The zero-order valence-electron chi connectivity index (χ0n) is 36.4. The Bertz CT molecular complexity index is 1460. The third-order valence-electron chi connectivity index (χ3n) is 3.34. The molecule has 2 fully saturated rings. The fourth-order valence-corrected chi connectivity index (χ4v) is 2.17. The van der Waals surface area contributed by atoms with Crippen LogP contribution < -0.4 is 15.5 Å². The van der Waals surface area contributed by atoms with E-state index in [1.165, 1.54) is 24.4 Å². The van der Waals surface area contributed by atoms with Gasteiger partial charge in [0.05, 0.1) is 17.6 Å². The smallest absolute Gasteiger partial charge is 0.314 e. The molecule has 1 aromatic carbocycles. The maximum atomic E-state index is 12.2. The molecular formula is C21H33ClN4O. The molecular weight excluding hydrogens is 360 g/mol. The van der Waals surface area contributed by atoms with Crippen molar-refractivity contribution in [2.24, 2.45) is 5.89 Å². The second kappa shape index (κ2) is 9.65. The number of urea groups is 1. The van der Waals surface area contributed by atoms with Crippen LogP contribution in [-0.2, 0) is 0 Å². The van der Waals surface area contributed by atoms with Gasteiger partial charge in [-0.1, -0.05) is 23.7 Å². The van der Waals surface area contributed by atoms with Crippen molar-refractivity contribution in [3.05, 3.63) is 28.8 Å². The van der Waals surface area contributed by atoms with Gasteiger partial charge in [0.15, 0.2) is 0 Å². The Hall–Kier alpha value is -1.46. The van der Waals surface area contributed by atoms with Crippen LogP contribution in [0, 0.1) is 12.8 Å². The molecule has 27 heavy (non-hydrogen) atoms. The van der Waals surface area contributed by atoms with Crippen LogP contribution in [0.25, 0.3) is 0 Å². The molecule has 0 radical (unpaired) electrons. The Morgan fingerprint density at radius 2 is 2.00 bits per heavy atom. The summed E-state index contributed by atoms with van der Waals surface area (Å²) in [5.74, 6) is -4.82. The number of anilines is 1. The van der Waals surface area contributed by atoms with Gasteiger partial charge in [-0.05, 0) is 62.8 Å². The van der Waals surface area contributed by atoms with Gasteiger partial charge in [0, 0.05) is 62.4 Å². The second-order valence-electron chi connectivity index (χ2n) is 5.22. The van der Waals surface area contributed by atoms with Gasteiger partial charge in [0.1, 0.15) is 0 Å². The number of rotatable bonds is 5. The first-order valence-electron chi connectivity index (χ1n) is 18.7. The average Bonchev–Trinajstić information content (AvgIpc) is 2.91. The van der Waals surface area contributed by atoms with E-state index in [0.717, 1.165) is 13.1 Å². The maximum absolute atomic E-state index is 12.2. The minimum Gasteiger partial charge on any atom is -0.368 e. The van der Waals surface area contributed by atoms with Crippen molar-refractivity contribution in [3.8, 4) is 0 Å². The van der Waals surface area contributed by atoms with E-state index in [1.54, 1.807) is 0 Å². The van der Waals surface area contributed by atoms with Gasteiger partial charge >= 0.3 is 6.03 Å². The summed E-state index contributed by atoms with van der Waals surface area (Å²) in [5.41, 5.74) is -0.430. The molecule has 0 bridgehead atoms. The number of carbonyl (C=O) groups is 1. The van der Waals surface area contributed by atoms with Crippen molar-refractivity contribution in [1.82, 2.24) is 15.5 Å². The van der Waals surface area contributed by atoms with Gasteiger partial charge in [0.2, 0.25) is 0 Å². The third kappa shape index (κ3) is 5.52. The number of carbonyl (C=O) groups excluding carboxylic acids is 1. The van der Waals surface area contributed by atoms with Crippen LogP contribution in [0.2, 0.25) is 5.02 Å². The van der Waals surface area contributed by atoms with Crippen molar-refractivity contribution < 1.29 is 35.0 Å². The predicted molar refractivity (Wildman–Crippen MR) is 113 cm³/mol. The van der Waals surface area contributed by atoms with Gasteiger partial charge in [-0.15, -0.1) is 0 Å². The van der Waals surface area contributed by atoms with Crippen LogP contribution in [0.5, 0.6) is 0 Å². The number of aryl methyl sites for hydroxylation is 1. The molecule has 0 spiro atoms. The molecule has 6 heteroatoms. The Morgan fingerprint density at radius 3 is 2.67 bits per heavy atom. The average molecular weight is 415 g/mol. The van der Waals surface area contributed by atoms with Crippen molar-refractivity contribution in [2.45, 2.75) is 44.8 Å². The van der Waals surface area contributed by atoms with Gasteiger partial charge in [-0.3, -0.25) is 4.90 Å². The lowest BCUT2D eigenvalue weighted by atomic mass is 9.84. The molecule has 1 aliphatic heterocycles. The number of nitrogens with one attached hydrogen (secondary N) is 2. The number of nitrogens with zero attached hydrogens (tertiary/aromatic N) is 2. The number of hydrogen-bond acceptors (Lipinski definition) is 3. The summed E-state index contributed by atoms with van der Waals surface area (Å²) in [7, 11) is 0.920. The lowest BCUT2D eigenvalue weighted by Crippen LogP contribution is -2.47. The maximum Gasteiger partial charge on any atom is 0.314 e. The van der Waals surface area contributed by atoms with Gasteiger partial charge in [-0.25, -0.2) is 4.79 Å². The van der Waals surface area contributed by atoms with E-state index in [-0.39, 0.29) is 15.5 Å². The first-order chi connectivity index (χ1) is 21.4. The Labute approximate surface area is 199 Å². The highest BCUT2D eigenvalue weighted by Crippen LogP contribution is 2.30. The van der Waals surface area contributed by atoms with Crippen molar-refractivity contribution in [2.75, 3.05) is 44.4 Å². The van der Waals surface area contributed by atoms with Crippen molar-refractivity contribution >= 4 is 23.3 Å². The van der Waals surface area contributed by atoms with E-state index in [4.69, 9.17) is 41.8 Å². The molecule has 2 aliphatic rings. The highest BCUT2D eigenvalue weighted by molar-refractivity contribution is 6.34. The summed E-state index contributed by atoms with van der Waals surface area (Å²) < 4.78 is 190. The minimum atomic E-state index is -4.89. The summed E-state index contributed by atoms with van der Waals surface area (Å²) in [6.45, 7) is -19.8. The van der Waals surface area contributed by atoms with E-state index in [2.05, 4.69) is 0 Å². The summed E-state index contributed by atoms with van der Waals surface area (Å²) in [6.07, 6.45) is -22.8. The number of halogens is 1. The van der Waals surface area contributed by atoms with Crippen LogP contribution in [0.15, 0.2) is 18.2 Å². The van der Waals surface area contributed by atoms with Gasteiger partial charge in [0.25, 0.3) is 0 Å². The van der Waals surface area contributed by atoms with Crippen LogP contribution in [0.3, 0.4) is 0 Å². The molecule has 2 N–H and O–H groups in total. The monoisotopic (exact) mass is 414 g/mol. The van der Waals surface area contributed by atoms with E-state index >= 15 is 0 Å². The number of piperazine rings is 1. The second-order valence-corrected chi connectivity index (χ2v) is 5.59. The fourth-order valence-electron chi connectivity index (χ4n) is 1.96. The molecule has 0 atom stereocenters. The van der Waals surface area contributed by atoms with E-state index in [9.17, 15) is 4.79 Å². The van der Waals surface area contributed by atoms with Gasteiger partial charge < -0.3 is 15.5 Å². The number of hydrogen-bond donors (Lipinski definition) is 2. The van der Waals surface area contributed by atoms with Gasteiger partial charge in [-0.2, -0.15) is 0 Å². The van der Waals surface area contributed by atoms with E-state index in [1.807, 2.05) is 5.32 Å². The minimum absolute atomic E-state index is 0.0801. The standard InChI is InChI=1S/C21H33ClN4O/c1-16-4-3-5-19(20(16)22)26-14-12-25(13-15-26)11-10-17-6-8-18(9-7-17)24-21(27)23-2/h3-5,17-18H,6-15H2,1-2H3,(H2,23,24,27)/t17-,18-/i6D2,7D2,8D2,9D2,10D2,11D2,12D2,13D2,14D2,15D2,17D,18D. The summed E-state index contributed by atoms with van der Waals surface area (Å²) in [5, 5.41) is 2.91. The van der Waals surface area contributed by atoms with Crippen molar-refractivity contribution in [3.63, 3.8) is 0 Å². The molecule has 2 amide bonds. The topological polar surface area (TPSA) is 47.6 Å². The molecule has 1 heterocycles. The first-order valence-corrected chi connectivity index (χ1v) is 8.11. The van der Waals surface area contributed by atoms with Crippen molar-refractivity contribution in [1.29, 1.82) is 0 Å². The lowest BCUT2D eigenvalue weighted by molar-refractivity contribution is 0.206. The quantitative estimate of drug-likeness (QED) is 0.772. The molecule has 150 valence electrons. The molecule has 5 nitrogen and oxygen atoms in total. The number of amides is 2.